The second-order valence-electron chi connectivity index (χ2n) is 3.17. The van der Waals surface area contributed by atoms with Crippen molar-refractivity contribution < 1.29 is 15.0 Å². The fraction of sp³-hybridized carbons (Fsp3) is 0.222. The van der Waals surface area contributed by atoms with E-state index in [0.29, 0.717) is 0 Å². The van der Waals surface area contributed by atoms with Crippen LogP contribution < -0.4 is 5.73 Å². The quantitative estimate of drug-likeness (QED) is 0.695. The van der Waals surface area contributed by atoms with Crippen molar-refractivity contribution in [2.45, 2.75) is 12.5 Å². The van der Waals surface area contributed by atoms with Crippen molar-refractivity contribution >= 4 is 17.6 Å². The van der Waals surface area contributed by atoms with Gasteiger partial charge in [0.05, 0.1) is 0 Å². The molecule has 4 N–H and O–H groups in total. The Labute approximate surface area is 85.9 Å². The van der Waals surface area contributed by atoms with Crippen LogP contribution in [0.2, 0.25) is 5.02 Å². The molecule has 0 saturated heterocycles. The van der Waals surface area contributed by atoms with E-state index in [1.165, 1.54) is 25.1 Å². The summed E-state index contributed by atoms with van der Waals surface area (Å²) in [6, 6.07) is 4.01. The number of hydrogen-bond donors (Lipinski definition) is 3. The zero-order chi connectivity index (χ0) is 10.9. The van der Waals surface area contributed by atoms with Crippen molar-refractivity contribution in [1.29, 1.82) is 0 Å². The fourth-order valence-corrected chi connectivity index (χ4v) is 1.34. The van der Waals surface area contributed by atoms with E-state index in [2.05, 4.69) is 0 Å². The molecule has 0 heterocycles. The van der Waals surface area contributed by atoms with Crippen LogP contribution in [0.5, 0.6) is 5.75 Å². The molecule has 0 amide bonds. The Morgan fingerprint density at radius 1 is 1.57 bits per heavy atom. The van der Waals surface area contributed by atoms with E-state index < -0.39 is 11.5 Å². The average molecular weight is 216 g/mol. The number of rotatable bonds is 2. The molecule has 0 radical (unpaired) electrons. The van der Waals surface area contributed by atoms with Crippen LogP contribution in [0.25, 0.3) is 0 Å². The van der Waals surface area contributed by atoms with Crippen LogP contribution in [0.4, 0.5) is 0 Å². The normalized spacial score (nSPS) is 14.8. The minimum Gasteiger partial charge on any atom is -0.508 e. The number of phenols is 1. The maximum Gasteiger partial charge on any atom is 0.328 e. The molecule has 0 aliphatic carbocycles. The number of aliphatic carboxylic acids is 1. The number of phenolic OH excluding ortho intramolecular Hbond substituents is 1. The Kier molecular flexibility index (Phi) is 2.69. The van der Waals surface area contributed by atoms with Gasteiger partial charge in [0, 0.05) is 10.6 Å². The maximum absolute atomic E-state index is 10.8. The van der Waals surface area contributed by atoms with Crippen LogP contribution in [-0.2, 0) is 10.3 Å². The second-order valence-corrected chi connectivity index (χ2v) is 3.58. The number of carbonyl (C=O) groups is 1. The first-order valence-corrected chi connectivity index (χ1v) is 4.24. The van der Waals surface area contributed by atoms with Gasteiger partial charge < -0.3 is 15.9 Å². The molecule has 4 nitrogen and oxygen atoms in total. The molecular formula is C9H10ClNO3. The molecule has 1 aromatic carbocycles. The van der Waals surface area contributed by atoms with E-state index in [0.717, 1.165) is 0 Å². The smallest absolute Gasteiger partial charge is 0.328 e. The predicted molar refractivity (Wildman–Crippen MR) is 52.3 cm³/mol. The molecule has 76 valence electrons. The Morgan fingerprint density at radius 3 is 2.64 bits per heavy atom. The van der Waals surface area contributed by atoms with Crippen molar-refractivity contribution in [3.05, 3.63) is 28.8 Å². The molecule has 0 aromatic heterocycles. The molecule has 1 aromatic rings. The van der Waals surface area contributed by atoms with Gasteiger partial charge in [-0.25, -0.2) is 4.79 Å². The molecule has 1 unspecified atom stereocenters. The lowest BCUT2D eigenvalue weighted by Crippen LogP contribution is -2.41. The molecule has 0 spiro atoms. The number of aromatic hydroxyl groups is 1. The number of halogens is 1. The third-order valence-corrected chi connectivity index (χ3v) is 2.28. The van der Waals surface area contributed by atoms with E-state index in [1.54, 1.807) is 0 Å². The third kappa shape index (κ3) is 1.81. The zero-order valence-corrected chi connectivity index (χ0v) is 8.25. The van der Waals surface area contributed by atoms with Crippen LogP contribution in [0.3, 0.4) is 0 Å². The van der Waals surface area contributed by atoms with Gasteiger partial charge in [0.2, 0.25) is 0 Å². The highest BCUT2D eigenvalue weighted by atomic mass is 35.5. The molecule has 1 rings (SSSR count). The number of hydrogen-bond acceptors (Lipinski definition) is 3. The first kappa shape index (κ1) is 10.8. The van der Waals surface area contributed by atoms with E-state index in [4.69, 9.17) is 22.4 Å². The Balaban J connectivity index is 3.31. The fourth-order valence-electron chi connectivity index (χ4n) is 1.03. The summed E-state index contributed by atoms with van der Waals surface area (Å²) in [5, 5.41) is 18.2. The zero-order valence-electron chi connectivity index (χ0n) is 7.49. The lowest BCUT2D eigenvalue weighted by molar-refractivity contribution is -0.143. The topological polar surface area (TPSA) is 83.6 Å². The highest BCUT2D eigenvalue weighted by Crippen LogP contribution is 2.29. The summed E-state index contributed by atoms with van der Waals surface area (Å²) in [7, 11) is 0. The van der Waals surface area contributed by atoms with Gasteiger partial charge in [0.1, 0.15) is 11.3 Å². The number of carboxylic acid groups (broad SMARTS) is 1. The van der Waals surface area contributed by atoms with Crippen LogP contribution in [0.15, 0.2) is 18.2 Å². The predicted octanol–water partition coefficient (Wildman–Crippen LogP) is 1.30. The minimum atomic E-state index is -1.60. The molecule has 0 bridgehead atoms. The van der Waals surface area contributed by atoms with Gasteiger partial charge in [-0.05, 0) is 25.1 Å². The molecule has 0 aliphatic heterocycles. The summed E-state index contributed by atoms with van der Waals surface area (Å²) in [6.07, 6.45) is 0. The number of nitrogens with two attached hydrogens (primary N) is 1. The van der Waals surface area contributed by atoms with E-state index >= 15 is 0 Å². The number of benzene rings is 1. The van der Waals surface area contributed by atoms with Crippen LogP contribution in [-0.4, -0.2) is 16.2 Å². The number of carboxylic acids is 1. The van der Waals surface area contributed by atoms with E-state index in [-0.39, 0.29) is 16.3 Å². The first-order valence-electron chi connectivity index (χ1n) is 3.87. The minimum absolute atomic E-state index is 0.0673. The van der Waals surface area contributed by atoms with Crippen molar-refractivity contribution in [2.75, 3.05) is 0 Å². The molecular weight excluding hydrogens is 206 g/mol. The average Bonchev–Trinajstić information content (AvgIpc) is 2.08. The van der Waals surface area contributed by atoms with Gasteiger partial charge in [0.25, 0.3) is 0 Å². The van der Waals surface area contributed by atoms with Crippen molar-refractivity contribution in [2.24, 2.45) is 5.73 Å². The Bertz CT molecular complexity index is 376. The monoisotopic (exact) mass is 215 g/mol. The van der Waals surface area contributed by atoms with Crippen molar-refractivity contribution in [3.8, 4) is 5.75 Å². The molecule has 0 fully saturated rings. The summed E-state index contributed by atoms with van der Waals surface area (Å²) in [4.78, 5) is 10.8. The van der Waals surface area contributed by atoms with Gasteiger partial charge in [-0.3, -0.25) is 0 Å². The van der Waals surface area contributed by atoms with Gasteiger partial charge in [-0.15, -0.1) is 0 Å². The molecule has 5 heteroatoms. The summed E-state index contributed by atoms with van der Waals surface area (Å²) >= 11 is 5.77. The Morgan fingerprint density at radius 2 is 2.14 bits per heavy atom. The Hall–Kier alpha value is -1.26. The second kappa shape index (κ2) is 3.48. The first-order chi connectivity index (χ1) is 6.35. The largest absolute Gasteiger partial charge is 0.508 e. The highest BCUT2D eigenvalue weighted by Gasteiger charge is 2.32. The molecule has 14 heavy (non-hydrogen) atoms. The highest BCUT2D eigenvalue weighted by molar-refractivity contribution is 6.31. The summed E-state index contributed by atoms with van der Waals surface area (Å²) in [5.41, 5.74) is 4.14. The molecule has 0 saturated carbocycles. The summed E-state index contributed by atoms with van der Waals surface area (Å²) in [5.74, 6) is -1.27. The van der Waals surface area contributed by atoms with Gasteiger partial charge in [0.15, 0.2) is 0 Å². The van der Waals surface area contributed by atoms with Crippen LogP contribution >= 0.6 is 11.6 Å². The van der Waals surface area contributed by atoms with Gasteiger partial charge in [-0.1, -0.05) is 11.6 Å². The third-order valence-electron chi connectivity index (χ3n) is 1.95. The van der Waals surface area contributed by atoms with Crippen molar-refractivity contribution in [3.63, 3.8) is 0 Å². The maximum atomic E-state index is 10.8. The van der Waals surface area contributed by atoms with E-state index in [9.17, 15) is 9.90 Å². The lowest BCUT2D eigenvalue weighted by atomic mass is 9.93. The lowest BCUT2D eigenvalue weighted by Gasteiger charge is -2.20. The van der Waals surface area contributed by atoms with Crippen molar-refractivity contribution in [1.82, 2.24) is 0 Å². The summed E-state index contributed by atoms with van der Waals surface area (Å²) < 4.78 is 0. The summed E-state index contributed by atoms with van der Waals surface area (Å²) in [6.45, 7) is 1.32. The molecule has 1 atom stereocenters. The molecule has 0 aliphatic rings. The van der Waals surface area contributed by atoms with Crippen LogP contribution in [0, 0.1) is 0 Å². The standard InChI is InChI=1S/C9H10ClNO3/c1-9(11,8(13)14)6-4-5(12)2-3-7(6)10/h2-4,12H,11H2,1H3,(H,13,14). The SMILES string of the molecule is CC(N)(C(=O)O)c1cc(O)ccc1Cl. The van der Waals surface area contributed by atoms with Crippen LogP contribution in [0.1, 0.15) is 12.5 Å². The van der Waals surface area contributed by atoms with Gasteiger partial charge >= 0.3 is 5.97 Å². The van der Waals surface area contributed by atoms with Gasteiger partial charge in [-0.2, -0.15) is 0 Å². The van der Waals surface area contributed by atoms with E-state index in [1.807, 2.05) is 0 Å².